The van der Waals surface area contributed by atoms with Gasteiger partial charge in [0.15, 0.2) is 5.75 Å². The summed E-state index contributed by atoms with van der Waals surface area (Å²) in [6, 6.07) is 3.82. The Morgan fingerprint density at radius 3 is 2.60 bits per heavy atom. The van der Waals surface area contributed by atoms with Crippen molar-refractivity contribution < 1.29 is 8.85 Å². The Kier molecular flexibility index (Phi) is 4.68. The molecule has 0 fully saturated rings. The molecule has 0 atom stereocenters. The predicted molar refractivity (Wildman–Crippen MR) is 81.8 cm³/mol. The molecule has 0 spiro atoms. The smallest absolute Gasteiger partial charge is 0.264 e. The van der Waals surface area contributed by atoms with Crippen molar-refractivity contribution in [1.82, 2.24) is 10.2 Å². The van der Waals surface area contributed by atoms with Crippen LogP contribution in [0, 0.1) is 0 Å². The van der Waals surface area contributed by atoms with Gasteiger partial charge in [-0.1, -0.05) is 43.4 Å². The molecule has 2 aromatic rings. The number of nitrogens with zero attached hydrogens (tertiary/aromatic N) is 1. The number of H-pyrrole nitrogens is 1. The van der Waals surface area contributed by atoms with E-state index in [2.05, 4.69) is 10.2 Å². The summed E-state index contributed by atoms with van der Waals surface area (Å²) in [6.45, 7) is 1.21. The number of ether oxygens (including phenoxy) is 1. The highest BCUT2D eigenvalue weighted by Gasteiger charge is 2.10. The first-order valence-corrected chi connectivity index (χ1v) is 6.33. The third-order valence-electron chi connectivity index (χ3n) is 1.82. The quantitative estimate of drug-likeness (QED) is 0.823. The van der Waals surface area contributed by atoms with Crippen LogP contribution in [0.15, 0.2) is 29.0 Å². The number of aromatic amines is 1. The first-order valence-electron chi connectivity index (χ1n) is 7.23. The van der Waals surface area contributed by atoms with E-state index in [1.165, 1.54) is 12.1 Å². The average Bonchev–Trinajstić information content (AvgIpc) is 2.47. The summed E-state index contributed by atoms with van der Waals surface area (Å²) < 4.78 is 25.6. The molecule has 108 valence electrons. The van der Waals surface area contributed by atoms with Gasteiger partial charge in [0, 0.05) is 20.5 Å². The van der Waals surface area contributed by atoms with E-state index >= 15 is 0 Å². The second kappa shape index (κ2) is 7.77. The molecule has 0 amide bonds. The number of nitrogens with two attached hydrogens (primary N) is 1. The van der Waals surface area contributed by atoms with Gasteiger partial charge in [-0.3, -0.25) is 4.79 Å². The zero-order valence-electron chi connectivity index (χ0n) is 13.6. The largest absolute Gasteiger partial charge is 0.434 e. The molecule has 0 bridgehead atoms. The highest BCUT2D eigenvalue weighted by atomic mass is 35.5. The lowest BCUT2D eigenvalue weighted by Gasteiger charge is -2.08. The van der Waals surface area contributed by atoms with Crippen LogP contribution in [0.1, 0.15) is 24.3 Å². The number of benzene rings is 1. The van der Waals surface area contributed by atoms with Gasteiger partial charge in [-0.15, -0.1) is 5.10 Å². The van der Waals surface area contributed by atoms with Crippen LogP contribution in [-0.2, 0) is 0 Å². The Morgan fingerprint density at radius 1 is 1.50 bits per heavy atom. The molecule has 0 saturated carbocycles. The highest BCUT2D eigenvalue weighted by Crippen LogP contribution is 2.37. The van der Waals surface area contributed by atoms with E-state index in [1.807, 2.05) is 6.92 Å². The van der Waals surface area contributed by atoms with E-state index in [0.717, 1.165) is 6.07 Å². The van der Waals surface area contributed by atoms with E-state index in [9.17, 15) is 4.79 Å². The maximum absolute atomic E-state index is 11.0. The number of nitrogens with one attached hydrogen (secondary N) is 1. The molecular formula is C13H15Cl2N3O2. The van der Waals surface area contributed by atoms with Crippen molar-refractivity contribution in [3.8, 4) is 11.6 Å². The Bertz CT molecular complexity index is 703. The maximum Gasteiger partial charge on any atom is 0.264 e. The van der Waals surface area contributed by atoms with E-state index in [0.29, 0.717) is 12.1 Å². The zero-order chi connectivity index (χ0) is 17.6. The summed E-state index contributed by atoms with van der Waals surface area (Å²) in [5.74, 6) is 0.166. The van der Waals surface area contributed by atoms with Crippen LogP contribution < -0.4 is 16.0 Å². The number of nitrogen functional groups attached to an aromatic ring is 1. The van der Waals surface area contributed by atoms with Crippen LogP contribution in [0.2, 0.25) is 10.0 Å². The van der Waals surface area contributed by atoms with E-state index in [4.69, 9.17) is 37.8 Å². The summed E-state index contributed by atoms with van der Waals surface area (Å²) in [5, 5.41) is 6.14. The molecule has 1 aromatic heterocycles. The normalized spacial score (nSPS) is 11.9. The number of rotatable bonds is 2. The predicted octanol–water partition coefficient (Wildman–Crippen LogP) is 3.87. The Labute approximate surface area is 130 Å². The molecule has 0 unspecified atom stereocenters. The first kappa shape index (κ1) is 12.1. The van der Waals surface area contributed by atoms with Gasteiger partial charge in [0.05, 0.1) is 11.4 Å². The van der Waals surface area contributed by atoms with E-state index in [1.54, 1.807) is 0 Å². The van der Waals surface area contributed by atoms with Gasteiger partial charge in [0.2, 0.25) is 5.88 Å². The zero-order valence-corrected chi connectivity index (χ0v) is 12.1. The molecule has 0 aliphatic carbocycles. The number of hydrogen-bond acceptors (Lipinski definition) is 4. The molecule has 0 aliphatic heterocycles. The van der Waals surface area contributed by atoms with Crippen LogP contribution in [-0.4, -0.2) is 10.2 Å². The highest BCUT2D eigenvalue weighted by molar-refractivity contribution is 6.37. The topological polar surface area (TPSA) is 81.0 Å². The second-order valence-corrected chi connectivity index (χ2v) is 4.32. The SMILES string of the molecule is [2H]C([2H])CC.[2H]c1cc(Oc2c(Cl)cc(N)cc2Cl)n[nH]c1=O. The Balaban J connectivity index is 0.000000463. The molecule has 1 aromatic carbocycles. The second-order valence-electron chi connectivity index (χ2n) is 3.50. The minimum Gasteiger partial charge on any atom is -0.434 e. The van der Waals surface area contributed by atoms with Crippen molar-refractivity contribution in [2.75, 3.05) is 5.73 Å². The molecule has 7 heteroatoms. The lowest BCUT2D eigenvalue weighted by Crippen LogP contribution is -2.05. The fraction of sp³-hybridized carbons (Fsp3) is 0.231. The summed E-state index contributed by atoms with van der Waals surface area (Å²) >= 11 is 11.8. The van der Waals surface area contributed by atoms with Crippen LogP contribution in [0.4, 0.5) is 5.69 Å². The van der Waals surface area contributed by atoms with Crippen molar-refractivity contribution in [3.05, 3.63) is 44.6 Å². The maximum atomic E-state index is 11.0. The van der Waals surface area contributed by atoms with Crippen molar-refractivity contribution in [2.45, 2.75) is 20.2 Å². The van der Waals surface area contributed by atoms with Crippen LogP contribution in [0.5, 0.6) is 11.6 Å². The Hall–Kier alpha value is -1.72. The first-order chi connectivity index (χ1) is 10.7. The van der Waals surface area contributed by atoms with Crippen LogP contribution in [0.25, 0.3) is 0 Å². The number of halogens is 2. The van der Waals surface area contributed by atoms with Crippen molar-refractivity contribution in [1.29, 1.82) is 0 Å². The minimum atomic E-state index is -0.616. The van der Waals surface area contributed by atoms with Gasteiger partial charge < -0.3 is 10.5 Å². The summed E-state index contributed by atoms with van der Waals surface area (Å²) in [5.41, 5.74) is 5.33. The molecule has 0 saturated heterocycles. The fourth-order valence-corrected chi connectivity index (χ4v) is 1.71. The molecule has 5 nitrogen and oxygen atoms in total. The third-order valence-corrected chi connectivity index (χ3v) is 2.38. The van der Waals surface area contributed by atoms with E-state index < -0.39 is 12.4 Å². The number of anilines is 1. The molecule has 0 radical (unpaired) electrons. The lowest BCUT2D eigenvalue weighted by atomic mass is 10.3. The molecule has 0 aliphatic rings. The van der Waals surface area contributed by atoms with Gasteiger partial charge >= 0.3 is 0 Å². The molecule has 3 N–H and O–H groups in total. The molecular weight excluding hydrogens is 301 g/mol. The molecule has 2 rings (SSSR count). The molecule has 1 heterocycles. The van der Waals surface area contributed by atoms with Crippen molar-refractivity contribution >= 4 is 28.9 Å². The van der Waals surface area contributed by atoms with Crippen LogP contribution >= 0.6 is 23.2 Å². The van der Waals surface area contributed by atoms with Gasteiger partial charge in [0.25, 0.3) is 5.56 Å². The lowest BCUT2D eigenvalue weighted by molar-refractivity contribution is 0.455. The van der Waals surface area contributed by atoms with Crippen LogP contribution in [0.3, 0.4) is 0 Å². The Morgan fingerprint density at radius 2 is 2.10 bits per heavy atom. The van der Waals surface area contributed by atoms with Gasteiger partial charge in [-0.2, -0.15) is 0 Å². The fourth-order valence-electron chi connectivity index (χ4n) is 1.13. The van der Waals surface area contributed by atoms with Crippen molar-refractivity contribution in [2.24, 2.45) is 0 Å². The number of hydrogen-bond donors (Lipinski definition) is 2. The summed E-state index contributed by atoms with van der Waals surface area (Å²) in [6.07, 6.45) is 0.639. The monoisotopic (exact) mass is 318 g/mol. The minimum absolute atomic E-state index is 0.00757. The third kappa shape index (κ3) is 4.75. The van der Waals surface area contributed by atoms with Gasteiger partial charge in [-0.25, -0.2) is 5.10 Å². The summed E-state index contributed by atoms with van der Waals surface area (Å²) in [4.78, 5) is 11.0. The van der Waals surface area contributed by atoms with Gasteiger partial charge in [0.1, 0.15) is 0 Å². The average molecular weight is 319 g/mol. The van der Waals surface area contributed by atoms with Gasteiger partial charge in [-0.05, 0) is 12.1 Å². The number of aromatic nitrogens is 2. The summed E-state index contributed by atoms with van der Waals surface area (Å²) in [7, 11) is 0. The molecule has 20 heavy (non-hydrogen) atoms. The standard InChI is InChI=1S/C10H7Cl2N3O2.C3H8/c11-6-3-5(13)4-7(12)10(6)17-9-2-1-8(16)14-15-9;1-3-2/h1-4H,13H2,(H,14,16);3H2,1-2H3/i1D;1D2. The van der Waals surface area contributed by atoms with Crippen molar-refractivity contribution in [3.63, 3.8) is 0 Å². The van der Waals surface area contributed by atoms with E-state index in [-0.39, 0.29) is 27.7 Å².